The van der Waals surface area contributed by atoms with Gasteiger partial charge in [-0.25, -0.2) is 0 Å². The van der Waals surface area contributed by atoms with Crippen LogP contribution in [-0.4, -0.2) is 66.3 Å². The standard InChI is InChI=1S/C27H35F3N4O3/c1-17-22(16-18-7-6-8-19(15-18)27(28,29)30)32-26(37-3)33-24(17)25(35)34-13-11-20(12-14-34)31-21-9-4-5-10-23(21)36-2/h6-8,15,20-21,23,31H,4-5,9-14,16H2,1-3H3/t21-,23+/m1/s1. The second kappa shape index (κ2) is 11.8. The zero-order valence-electron chi connectivity index (χ0n) is 21.6. The van der Waals surface area contributed by atoms with E-state index in [9.17, 15) is 18.0 Å². The molecule has 10 heteroatoms. The zero-order valence-corrected chi connectivity index (χ0v) is 21.6. The largest absolute Gasteiger partial charge is 0.467 e. The molecule has 1 aromatic heterocycles. The van der Waals surface area contributed by atoms with Crippen LogP contribution in [0.1, 0.15) is 71.4 Å². The molecule has 2 fully saturated rings. The summed E-state index contributed by atoms with van der Waals surface area (Å²) < 4.78 is 50.4. The molecule has 1 aromatic carbocycles. The highest BCUT2D eigenvalue weighted by Gasteiger charge is 2.32. The van der Waals surface area contributed by atoms with Gasteiger partial charge in [0.25, 0.3) is 5.91 Å². The van der Waals surface area contributed by atoms with Crippen molar-refractivity contribution in [3.05, 3.63) is 52.3 Å². The molecule has 1 aliphatic carbocycles. The number of likely N-dealkylation sites (tertiary alicyclic amines) is 1. The number of hydrogen-bond acceptors (Lipinski definition) is 6. The number of carbonyl (C=O) groups is 1. The fourth-order valence-electron chi connectivity index (χ4n) is 5.33. The highest BCUT2D eigenvalue weighted by molar-refractivity contribution is 5.94. The second-order valence-corrected chi connectivity index (χ2v) is 9.90. The topological polar surface area (TPSA) is 76.6 Å². The van der Waals surface area contributed by atoms with E-state index in [0.717, 1.165) is 37.8 Å². The minimum atomic E-state index is -4.43. The Bertz CT molecular complexity index is 1090. The Labute approximate surface area is 215 Å². The molecular weight excluding hydrogens is 485 g/mol. The summed E-state index contributed by atoms with van der Waals surface area (Å²) in [6.07, 6.45) is 2.16. The van der Waals surface area contributed by atoms with Gasteiger partial charge >= 0.3 is 12.2 Å². The lowest BCUT2D eigenvalue weighted by atomic mass is 9.90. The van der Waals surface area contributed by atoms with Crippen LogP contribution in [-0.2, 0) is 17.3 Å². The molecule has 1 saturated heterocycles. The number of halogens is 3. The van der Waals surface area contributed by atoms with Crippen molar-refractivity contribution >= 4 is 5.91 Å². The van der Waals surface area contributed by atoms with Gasteiger partial charge in [0.1, 0.15) is 5.69 Å². The van der Waals surface area contributed by atoms with Gasteiger partial charge in [-0.05, 0) is 44.2 Å². The first-order valence-electron chi connectivity index (χ1n) is 12.9. The third-order valence-electron chi connectivity index (χ3n) is 7.47. The van der Waals surface area contributed by atoms with Crippen LogP contribution in [0.5, 0.6) is 6.01 Å². The number of nitrogens with zero attached hydrogens (tertiary/aromatic N) is 3. The van der Waals surface area contributed by atoms with Crippen LogP contribution in [0.4, 0.5) is 13.2 Å². The lowest BCUT2D eigenvalue weighted by molar-refractivity contribution is -0.137. The number of aromatic nitrogens is 2. The molecule has 2 aromatic rings. The lowest BCUT2D eigenvalue weighted by Crippen LogP contribution is -2.52. The maximum absolute atomic E-state index is 13.5. The van der Waals surface area contributed by atoms with Crippen molar-refractivity contribution in [3.63, 3.8) is 0 Å². The lowest BCUT2D eigenvalue weighted by Gasteiger charge is -2.38. The minimum Gasteiger partial charge on any atom is -0.467 e. The molecule has 0 unspecified atom stereocenters. The highest BCUT2D eigenvalue weighted by Crippen LogP contribution is 2.30. The van der Waals surface area contributed by atoms with E-state index < -0.39 is 11.7 Å². The Morgan fingerprint density at radius 2 is 1.84 bits per heavy atom. The molecule has 0 radical (unpaired) electrons. The summed E-state index contributed by atoms with van der Waals surface area (Å²) in [5.41, 5.74) is 0.970. The Morgan fingerprint density at radius 3 is 2.51 bits per heavy atom. The van der Waals surface area contributed by atoms with Crippen molar-refractivity contribution < 1.29 is 27.4 Å². The molecule has 4 rings (SSSR count). The first-order chi connectivity index (χ1) is 17.7. The van der Waals surface area contributed by atoms with Crippen LogP contribution in [0.25, 0.3) is 0 Å². The normalized spacial score (nSPS) is 21.2. The summed E-state index contributed by atoms with van der Waals surface area (Å²) >= 11 is 0. The number of amides is 1. The van der Waals surface area contributed by atoms with Crippen molar-refractivity contribution in [1.82, 2.24) is 20.2 Å². The Hall–Kier alpha value is -2.72. The third kappa shape index (κ3) is 6.59. The van der Waals surface area contributed by atoms with Crippen LogP contribution in [0, 0.1) is 6.92 Å². The van der Waals surface area contributed by atoms with Gasteiger partial charge in [-0.3, -0.25) is 4.79 Å². The number of nitrogens with one attached hydrogen (secondary N) is 1. The number of carbonyl (C=O) groups excluding carboxylic acids is 1. The molecule has 1 N–H and O–H groups in total. The van der Waals surface area contributed by atoms with Gasteiger partial charge < -0.3 is 19.7 Å². The van der Waals surface area contributed by atoms with Gasteiger partial charge in [-0.2, -0.15) is 23.1 Å². The molecule has 0 spiro atoms. The molecule has 0 bridgehead atoms. The van der Waals surface area contributed by atoms with Crippen molar-refractivity contribution in [2.75, 3.05) is 27.3 Å². The van der Waals surface area contributed by atoms with Gasteiger partial charge in [-0.15, -0.1) is 0 Å². The monoisotopic (exact) mass is 520 g/mol. The fraction of sp³-hybridized carbons (Fsp3) is 0.593. The number of piperidine rings is 1. The first-order valence-corrected chi connectivity index (χ1v) is 12.9. The molecule has 2 aliphatic rings. The van der Waals surface area contributed by atoms with Gasteiger partial charge in [0.2, 0.25) is 0 Å². The Morgan fingerprint density at radius 1 is 1.11 bits per heavy atom. The molecule has 2 heterocycles. The number of hydrogen-bond donors (Lipinski definition) is 1. The summed E-state index contributed by atoms with van der Waals surface area (Å²) in [5, 5.41) is 3.75. The number of methoxy groups -OCH3 is 2. The van der Waals surface area contributed by atoms with Gasteiger partial charge in [0.15, 0.2) is 0 Å². The molecule has 37 heavy (non-hydrogen) atoms. The van der Waals surface area contributed by atoms with E-state index in [1.165, 1.54) is 26.0 Å². The predicted molar refractivity (Wildman–Crippen MR) is 133 cm³/mol. The van der Waals surface area contributed by atoms with Crippen molar-refractivity contribution in [3.8, 4) is 6.01 Å². The maximum Gasteiger partial charge on any atom is 0.416 e. The molecule has 1 saturated carbocycles. The average molecular weight is 521 g/mol. The Kier molecular flexibility index (Phi) is 8.69. The van der Waals surface area contributed by atoms with E-state index in [2.05, 4.69) is 15.3 Å². The van der Waals surface area contributed by atoms with E-state index in [0.29, 0.717) is 42.0 Å². The van der Waals surface area contributed by atoms with E-state index in [-0.39, 0.29) is 30.1 Å². The summed E-state index contributed by atoms with van der Waals surface area (Å²) in [4.78, 5) is 23.9. The number of benzene rings is 1. The summed E-state index contributed by atoms with van der Waals surface area (Å²) in [5.74, 6) is -0.214. The number of alkyl halides is 3. The fourth-order valence-corrected chi connectivity index (χ4v) is 5.33. The van der Waals surface area contributed by atoms with Gasteiger partial charge in [-0.1, -0.05) is 31.0 Å². The van der Waals surface area contributed by atoms with Gasteiger partial charge in [0, 0.05) is 44.3 Å². The van der Waals surface area contributed by atoms with Crippen molar-refractivity contribution in [1.29, 1.82) is 0 Å². The minimum absolute atomic E-state index is 0.0235. The van der Waals surface area contributed by atoms with Crippen molar-refractivity contribution in [2.24, 2.45) is 0 Å². The van der Waals surface area contributed by atoms with Crippen LogP contribution >= 0.6 is 0 Å². The van der Waals surface area contributed by atoms with E-state index >= 15 is 0 Å². The molecular formula is C27H35F3N4O3. The Balaban J connectivity index is 1.45. The molecule has 1 aliphatic heterocycles. The molecule has 7 nitrogen and oxygen atoms in total. The van der Waals surface area contributed by atoms with Crippen LogP contribution in [0.15, 0.2) is 24.3 Å². The second-order valence-electron chi connectivity index (χ2n) is 9.90. The summed E-state index contributed by atoms with van der Waals surface area (Å²) in [7, 11) is 3.17. The van der Waals surface area contributed by atoms with Crippen molar-refractivity contribution in [2.45, 2.75) is 76.2 Å². The first kappa shape index (κ1) is 27.3. The molecule has 202 valence electrons. The molecule has 2 atom stereocenters. The maximum atomic E-state index is 13.5. The third-order valence-corrected chi connectivity index (χ3v) is 7.47. The van der Waals surface area contributed by atoms with E-state index in [1.807, 2.05) is 0 Å². The summed E-state index contributed by atoms with van der Waals surface area (Å²) in [6, 6.07) is 5.82. The predicted octanol–water partition coefficient (Wildman–Crippen LogP) is 4.56. The van der Waals surface area contributed by atoms with Gasteiger partial charge in [0.05, 0.1) is 24.5 Å². The van der Waals surface area contributed by atoms with E-state index in [4.69, 9.17) is 9.47 Å². The molecule has 1 amide bonds. The van der Waals surface area contributed by atoms with E-state index in [1.54, 1.807) is 25.0 Å². The number of rotatable bonds is 7. The zero-order chi connectivity index (χ0) is 26.6. The van der Waals surface area contributed by atoms with Crippen LogP contribution < -0.4 is 10.1 Å². The quantitative estimate of drug-likeness (QED) is 0.577. The van der Waals surface area contributed by atoms with Crippen LogP contribution in [0.2, 0.25) is 0 Å². The number of ether oxygens (including phenoxy) is 2. The average Bonchev–Trinajstić information content (AvgIpc) is 2.90. The highest BCUT2D eigenvalue weighted by atomic mass is 19.4. The van der Waals surface area contributed by atoms with Crippen LogP contribution in [0.3, 0.4) is 0 Å². The SMILES string of the molecule is COc1nc(Cc2cccc(C(F)(F)F)c2)c(C)c(C(=O)N2CCC(N[C@@H]3CCCC[C@@H]3OC)CC2)n1. The summed E-state index contributed by atoms with van der Waals surface area (Å²) in [6.45, 7) is 2.92. The smallest absolute Gasteiger partial charge is 0.416 e.